The standard InChI is InChI=1S/C30H32N2O7.ClH/c1-31(2)17-6-8-18(9-7-17)32(3)28-20-13-23-22(38-15-39-23)12-19(20)26(27-21(28)14-37-30(27)34)16-10-24(35-4)29(33)25(11-16)36-5;/h6-13,21,26-28,33H,14-15H2,1-5H3;1H/t21?,26-,27+,28-;/m1./s1. The zero-order chi connectivity index (χ0) is 27.4. The van der Waals surface area contributed by atoms with Crippen LogP contribution in [0.5, 0.6) is 28.7 Å². The minimum Gasteiger partial charge on any atom is -0.502 e. The topological polar surface area (TPSA) is 89.9 Å². The lowest BCUT2D eigenvalue weighted by molar-refractivity contribution is -0.141. The molecule has 40 heavy (non-hydrogen) atoms. The van der Waals surface area contributed by atoms with Crippen LogP contribution in [0, 0.1) is 11.8 Å². The van der Waals surface area contributed by atoms with Crippen LogP contribution in [0.4, 0.5) is 11.4 Å². The molecule has 1 fully saturated rings. The van der Waals surface area contributed by atoms with Gasteiger partial charge in [0.25, 0.3) is 0 Å². The number of esters is 1. The van der Waals surface area contributed by atoms with E-state index in [0.717, 1.165) is 28.1 Å². The van der Waals surface area contributed by atoms with E-state index in [-0.39, 0.29) is 60.3 Å². The van der Waals surface area contributed by atoms with Crippen LogP contribution in [0.1, 0.15) is 28.7 Å². The first-order chi connectivity index (χ1) is 18.8. The number of halogens is 1. The quantitative estimate of drug-likeness (QED) is 0.424. The Morgan fingerprint density at radius 1 is 0.850 bits per heavy atom. The average Bonchev–Trinajstić information content (AvgIpc) is 3.56. The van der Waals surface area contributed by atoms with Crippen molar-refractivity contribution in [2.45, 2.75) is 12.0 Å². The number of aromatic hydroxyl groups is 1. The maximum Gasteiger partial charge on any atom is 0.310 e. The lowest BCUT2D eigenvalue weighted by Gasteiger charge is -2.44. The van der Waals surface area contributed by atoms with Crippen LogP contribution >= 0.6 is 12.4 Å². The molecule has 212 valence electrons. The molecular formula is C30H33ClN2O7. The summed E-state index contributed by atoms with van der Waals surface area (Å²) in [4.78, 5) is 17.7. The summed E-state index contributed by atoms with van der Waals surface area (Å²) in [6.45, 7) is 0.441. The lowest BCUT2D eigenvalue weighted by atomic mass is 9.65. The molecule has 3 aromatic rings. The number of methoxy groups -OCH3 is 2. The number of phenols is 1. The number of anilines is 2. The Hall–Kier alpha value is -3.98. The summed E-state index contributed by atoms with van der Waals surface area (Å²) < 4.78 is 28.2. The molecule has 6 rings (SSSR count). The van der Waals surface area contributed by atoms with Gasteiger partial charge in [0.2, 0.25) is 12.5 Å². The van der Waals surface area contributed by atoms with Gasteiger partial charge in [-0.3, -0.25) is 4.79 Å². The molecule has 1 unspecified atom stereocenters. The van der Waals surface area contributed by atoms with Crippen molar-refractivity contribution < 1.29 is 33.6 Å². The lowest BCUT2D eigenvalue weighted by Crippen LogP contribution is -2.41. The molecule has 10 heteroatoms. The van der Waals surface area contributed by atoms with Crippen LogP contribution in [0.3, 0.4) is 0 Å². The number of hydrogen-bond donors (Lipinski definition) is 1. The molecule has 1 N–H and O–H groups in total. The van der Waals surface area contributed by atoms with Crippen molar-refractivity contribution in [2.24, 2.45) is 11.8 Å². The molecule has 0 bridgehead atoms. The number of carbonyl (C=O) groups excluding carboxylic acids is 1. The van der Waals surface area contributed by atoms with E-state index in [2.05, 4.69) is 41.1 Å². The van der Waals surface area contributed by atoms with E-state index in [1.54, 1.807) is 12.1 Å². The van der Waals surface area contributed by atoms with Crippen LogP contribution in [0.25, 0.3) is 0 Å². The van der Waals surface area contributed by atoms with Gasteiger partial charge in [0.05, 0.1) is 32.8 Å². The molecule has 9 nitrogen and oxygen atoms in total. The summed E-state index contributed by atoms with van der Waals surface area (Å²) in [7, 11) is 9.06. The predicted molar refractivity (Wildman–Crippen MR) is 153 cm³/mol. The molecule has 2 aliphatic heterocycles. The van der Waals surface area contributed by atoms with Crippen LogP contribution in [-0.4, -0.2) is 59.8 Å². The molecule has 0 saturated carbocycles. The second-order valence-corrected chi connectivity index (χ2v) is 10.4. The predicted octanol–water partition coefficient (Wildman–Crippen LogP) is 4.74. The van der Waals surface area contributed by atoms with E-state index < -0.39 is 5.92 Å². The Labute approximate surface area is 239 Å². The average molecular weight is 569 g/mol. The number of cyclic esters (lactones) is 1. The van der Waals surface area contributed by atoms with Gasteiger partial charge in [-0.15, -0.1) is 12.4 Å². The number of ether oxygens (including phenoxy) is 5. The van der Waals surface area contributed by atoms with Crippen molar-refractivity contribution in [3.8, 4) is 28.7 Å². The van der Waals surface area contributed by atoms with Gasteiger partial charge >= 0.3 is 5.97 Å². The van der Waals surface area contributed by atoms with Gasteiger partial charge in [0, 0.05) is 44.4 Å². The van der Waals surface area contributed by atoms with Crippen LogP contribution < -0.4 is 28.7 Å². The fraction of sp³-hybridized carbons (Fsp3) is 0.367. The number of carbonyl (C=O) groups is 1. The van der Waals surface area contributed by atoms with E-state index in [1.165, 1.54) is 14.2 Å². The van der Waals surface area contributed by atoms with E-state index in [0.29, 0.717) is 18.1 Å². The normalized spacial score (nSPS) is 22.0. The fourth-order valence-electron chi connectivity index (χ4n) is 6.27. The fourth-order valence-corrected chi connectivity index (χ4v) is 6.27. The third-order valence-corrected chi connectivity index (χ3v) is 8.20. The van der Waals surface area contributed by atoms with E-state index >= 15 is 0 Å². The van der Waals surface area contributed by atoms with Crippen molar-refractivity contribution >= 4 is 29.8 Å². The first-order valence-corrected chi connectivity index (χ1v) is 12.9. The van der Waals surface area contributed by atoms with Crippen molar-refractivity contribution in [2.75, 3.05) is 58.6 Å². The van der Waals surface area contributed by atoms with Crippen molar-refractivity contribution in [1.29, 1.82) is 0 Å². The zero-order valence-electron chi connectivity index (χ0n) is 23.0. The number of benzene rings is 3. The summed E-state index contributed by atoms with van der Waals surface area (Å²) in [6, 6.07) is 15.7. The summed E-state index contributed by atoms with van der Waals surface area (Å²) in [5.41, 5.74) is 4.89. The van der Waals surface area contributed by atoms with Crippen molar-refractivity contribution in [1.82, 2.24) is 0 Å². The summed E-state index contributed by atoms with van der Waals surface area (Å²) in [5, 5.41) is 10.6. The molecular weight excluding hydrogens is 536 g/mol. The van der Waals surface area contributed by atoms with Gasteiger partial charge in [-0.1, -0.05) is 0 Å². The van der Waals surface area contributed by atoms with Gasteiger partial charge in [-0.2, -0.15) is 0 Å². The number of fused-ring (bicyclic) bond motifs is 3. The smallest absolute Gasteiger partial charge is 0.310 e. The van der Waals surface area contributed by atoms with E-state index in [1.807, 2.05) is 26.2 Å². The molecule has 0 amide bonds. The molecule has 2 heterocycles. The number of phenolic OH excluding ortho intramolecular Hbond substituents is 1. The minimum atomic E-state index is -0.467. The molecule has 1 saturated heterocycles. The van der Waals surface area contributed by atoms with Crippen LogP contribution in [0.15, 0.2) is 48.5 Å². The van der Waals surface area contributed by atoms with Gasteiger partial charge in [-0.05, 0) is 65.2 Å². The van der Waals surface area contributed by atoms with Gasteiger partial charge in [-0.25, -0.2) is 0 Å². The second kappa shape index (κ2) is 10.5. The largest absolute Gasteiger partial charge is 0.502 e. The third-order valence-electron chi connectivity index (χ3n) is 8.20. The maximum atomic E-state index is 13.4. The Bertz CT molecular complexity index is 1400. The monoisotopic (exact) mass is 568 g/mol. The first-order valence-electron chi connectivity index (χ1n) is 12.9. The Morgan fingerprint density at radius 2 is 1.43 bits per heavy atom. The van der Waals surface area contributed by atoms with E-state index in [9.17, 15) is 9.90 Å². The molecule has 1 aliphatic carbocycles. The van der Waals surface area contributed by atoms with Crippen LogP contribution in [-0.2, 0) is 9.53 Å². The highest BCUT2D eigenvalue weighted by molar-refractivity contribution is 5.85. The molecule has 3 aliphatic rings. The molecule has 0 spiro atoms. The SMILES string of the molecule is COc1cc([C@@H]2c3cc4c(cc3[C@@H](N(C)c3ccc(N(C)C)cc3)C3COC(=O)[C@@H]32)OCO4)cc(OC)c1O.Cl. The van der Waals surface area contributed by atoms with E-state index in [4.69, 9.17) is 23.7 Å². The summed E-state index contributed by atoms with van der Waals surface area (Å²) >= 11 is 0. The van der Waals surface area contributed by atoms with Crippen molar-refractivity contribution in [3.05, 3.63) is 65.2 Å². The van der Waals surface area contributed by atoms with Gasteiger partial charge in [0.1, 0.15) is 0 Å². The summed E-state index contributed by atoms with van der Waals surface area (Å²) in [6.07, 6.45) is 0. The third kappa shape index (κ3) is 4.29. The Kier molecular flexibility index (Phi) is 7.27. The minimum absolute atomic E-state index is 0. The van der Waals surface area contributed by atoms with Crippen molar-refractivity contribution in [3.63, 3.8) is 0 Å². The zero-order valence-corrected chi connectivity index (χ0v) is 23.9. The van der Waals surface area contributed by atoms with Gasteiger partial charge < -0.3 is 38.6 Å². The maximum absolute atomic E-state index is 13.4. The van der Waals surface area contributed by atoms with Crippen LogP contribution in [0.2, 0.25) is 0 Å². The number of rotatable bonds is 6. The Balaban J connectivity index is 0.00000323. The Morgan fingerprint density at radius 3 is 2.00 bits per heavy atom. The number of hydrogen-bond acceptors (Lipinski definition) is 9. The molecule has 3 aromatic carbocycles. The highest BCUT2D eigenvalue weighted by atomic mass is 35.5. The van der Waals surface area contributed by atoms with Gasteiger partial charge in [0.15, 0.2) is 23.0 Å². The first kappa shape index (κ1) is 27.6. The molecule has 0 aromatic heterocycles. The highest BCUT2D eigenvalue weighted by Gasteiger charge is 2.53. The molecule has 0 radical (unpaired) electrons. The summed E-state index contributed by atoms with van der Waals surface area (Å²) in [5.74, 6) is 0.542. The highest BCUT2D eigenvalue weighted by Crippen LogP contribution is 2.57. The second-order valence-electron chi connectivity index (χ2n) is 10.4. The number of nitrogens with zero attached hydrogens (tertiary/aromatic N) is 2. The molecule has 4 atom stereocenters.